The molecule has 0 fully saturated rings. The molecule has 0 N–H and O–H groups in total. The lowest BCUT2D eigenvalue weighted by Crippen LogP contribution is -2.25. The third-order valence-corrected chi connectivity index (χ3v) is 3.97. The van der Waals surface area contributed by atoms with Crippen LogP contribution >= 0.6 is 11.6 Å². The average Bonchev–Trinajstić information content (AvgIpc) is 2.70. The van der Waals surface area contributed by atoms with Crippen molar-refractivity contribution in [3.8, 4) is 5.75 Å². The quantitative estimate of drug-likeness (QED) is 0.470. The van der Waals surface area contributed by atoms with Gasteiger partial charge in [-0.2, -0.15) is 10.1 Å². The number of amides is 1. The molecule has 0 aromatic heterocycles. The Labute approximate surface area is 157 Å². The van der Waals surface area contributed by atoms with Crippen molar-refractivity contribution in [2.45, 2.75) is 0 Å². The number of ether oxygens (including phenoxy) is 1. The fourth-order valence-electron chi connectivity index (χ4n) is 2.34. The van der Waals surface area contributed by atoms with Gasteiger partial charge in [-0.1, -0.05) is 41.9 Å². The number of hydrogen-bond donors (Lipinski definition) is 0. The molecule has 0 radical (unpaired) electrons. The Morgan fingerprint density at radius 2 is 1.62 bits per heavy atom. The number of halogens is 1. The maximum atomic E-state index is 13.0. The lowest BCUT2D eigenvalue weighted by Gasteiger charge is -2.17. The predicted molar refractivity (Wildman–Crippen MR) is 105 cm³/mol. The molecule has 0 aliphatic heterocycles. The van der Waals surface area contributed by atoms with E-state index >= 15 is 0 Å². The summed E-state index contributed by atoms with van der Waals surface area (Å²) in [5, 5.41) is 6.33. The van der Waals surface area contributed by atoms with Gasteiger partial charge in [-0.3, -0.25) is 4.79 Å². The minimum atomic E-state index is -0.251. The fraction of sp³-hybridized carbons (Fsp3) is 0.0476. The molecule has 0 saturated heterocycles. The van der Waals surface area contributed by atoms with Gasteiger partial charge in [0, 0.05) is 10.6 Å². The Bertz CT molecular complexity index is 892. The van der Waals surface area contributed by atoms with Gasteiger partial charge in [0.05, 0.1) is 19.0 Å². The average molecular weight is 365 g/mol. The summed E-state index contributed by atoms with van der Waals surface area (Å²) in [6.45, 7) is 0. The normalized spacial score (nSPS) is 10.7. The van der Waals surface area contributed by atoms with Crippen LogP contribution in [0.4, 0.5) is 5.69 Å². The summed E-state index contributed by atoms with van der Waals surface area (Å²) in [7, 11) is 1.60. The number of rotatable bonds is 5. The first-order valence-electron chi connectivity index (χ1n) is 8.00. The lowest BCUT2D eigenvalue weighted by molar-refractivity contribution is 0.0988. The van der Waals surface area contributed by atoms with E-state index in [1.807, 2.05) is 30.3 Å². The molecule has 3 aromatic carbocycles. The standard InChI is InChI=1S/C21H17ClN2O2/c1-26-20-13-11-19(12-14-20)24(23-15-16-5-3-2-4-6-16)21(25)17-7-9-18(22)10-8-17/h2-15H,1H3/b23-15+. The highest BCUT2D eigenvalue weighted by Crippen LogP contribution is 2.22. The Balaban J connectivity index is 1.95. The SMILES string of the molecule is COc1ccc(N(/N=C/c2ccccc2)C(=O)c2ccc(Cl)cc2)cc1. The van der Waals surface area contributed by atoms with E-state index in [-0.39, 0.29) is 5.91 Å². The van der Waals surface area contributed by atoms with Gasteiger partial charge in [-0.25, -0.2) is 0 Å². The number of hydrazone groups is 1. The molecule has 3 rings (SSSR count). The van der Waals surface area contributed by atoms with Crippen LogP contribution in [0.1, 0.15) is 15.9 Å². The second kappa shape index (κ2) is 8.32. The smallest absolute Gasteiger partial charge is 0.278 e. The van der Waals surface area contributed by atoms with Crippen molar-refractivity contribution in [2.24, 2.45) is 5.10 Å². The minimum absolute atomic E-state index is 0.251. The summed E-state index contributed by atoms with van der Waals surface area (Å²) in [6, 6.07) is 23.5. The molecule has 26 heavy (non-hydrogen) atoms. The van der Waals surface area contributed by atoms with Crippen molar-refractivity contribution >= 4 is 29.4 Å². The van der Waals surface area contributed by atoms with E-state index in [9.17, 15) is 4.79 Å². The van der Waals surface area contributed by atoms with Crippen molar-refractivity contribution in [3.05, 3.63) is 95.0 Å². The Hall–Kier alpha value is -3.11. The Kier molecular flexibility index (Phi) is 5.66. The number of hydrogen-bond acceptors (Lipinski definition) is 3. The molecule has 0 bridgehead atoms. The van der Waals surface area contributed by atoms with E-state index < -0.39 is 0 Å². The molecule has 0 spiro atoms. The summed E-state index contributed by atoms with van der Waals surface area (Å²) in [4.78, 5) is 13.0. The first-order valence-corrected chi connectivity index (χ1v) is 8.38. The zero-order valence-corrected chi connectivity index (χ0v) is 14.9. The number of benzene rings is 3. The second-order valence-corrected chi connectivity index (χ2v) is 5.91. The highest BCUT2D eigenvalue weighted by Gasteiger charge is 2.17. The summed E-state index contributed by atoms with van der Waals surface area (Å²) < 4.78 is 5.18. The van der Waals surface area contributed by atoms with Crippen LogP contribution in [0.2, 0.25) is 5.02 Å². The van der Waals surface area contributed by atoms with Crippen LogP contribution in [-0.2, 0) is 0 Å². The predicted octanol–water partition coefficient (Wildman–Crippen LogP) is 5.03. The molecule has 0 atom stereocenters. The third kappa shape index (κ3) is 4.29. The van der Waals surface area contributed by atoms with Crippen LogP contribution in [-0.4, -0.2) is 19.2 Å². The monoisotopic (exact) mass is 364 g/mol. The highest BCUT2D eigenvalue weighted by molar-refractivity contribution is 6.30. The first kappa shape index (κ1) is 17.7. The van der Waals surface area contributed by atoms with Gasteiger partial charge in [0.15, 0.2) is 0 Å². The molecule has 0 unspecified atom stereocenters. The van der Waals surface area contributed by atoms with Crippen molar-refractivity contribution in [1.82, 2.24) is 0 Å². The topological polar surface area (TPSA) is 41.9 Å². The molecule has 3 aromatic rings. The van der Waals surface area contributed by atoms with Gasteiger partial charge in [0.1, 0.15) is 5.75 Å². The second-order valence-electron chi connectivity index (χ2n) is 5.48. The van der Waals surface area contributed by atoms with Crippen LogP contribution in [0, 0.1) is 0 Å². The van der Waals surface area contributed by atoms with Crippen LogP contribution in [0.5, 0.6) is 5.75 Å². The molecular formula is C21H17ClN2O2. The third-order valence-electron chi connectivity index (χ3n) is 3.72. The summed E-state index contributed by atoms with van der Waals surface area (Å²) in [6.07, 6.45) is 1.65. The van der Waals surface area contributed by atoms with Crippen LogP contribution in [0.15, 0.2) is 84.0 Å². The zero-order valence-electron chi connectivity index (χ0n) is 14.2. The van der Waals surface area contributed by atoms with Crippen LogP contribution < -0.4 is 9.75 Å². The van der Waals surface area contributed by atoms with Gasteiger partial charge in [-0.15, -0.1) is 0 Å². The largest absolute Gasteiger partial charge is 0.497 e. The van der Waals surface area contributed by atoms with Crippen molar-refractivity contribution < 1.29 is 9.53 Å². The van der Waals surface area contributed by atoms with Crippen LogP contribution in [0.25, 0.3) is 0 Å². The number of anilines is 1. The molecule has 0 heterocycles. The van der Waals surface area contributed by atoms with E-state index in [2.05, 4.69) is 5.10 Å². The highest BCUT2D eigenvalue weighted by atomic mass is 35.5. The van der Waals surface area contributed by atoms with Crippen molar-refractivity contribution in [2.75, 3.05) is 12.1 Å². The molecule has 0 aliphatic rings. The van der Waals surface area contributed by atoms with E-state index in [0.29, 0.717) is 22.0 Å². The molecule has 5 heteroatoms. The van der Waals surface area contributed by atoms with E-state index in [0.717, 1.165) is 5.56 Å². The number of carbonyl (C=O) groups is 1. The van der Waals surface area contributed by atoms with Crippen LogP contribution in [0.3, 0.4) is 0 Å². The Morgan fingerprint density at radius 1 is 0.962 bits per heavy atom. The molecule has 130 valence electrons. The maximum Gasteiger partial charge on any atom is 0.278 e. The van der Waals surface area contributed by atoms with Gasteiger partial charge in [0.2, 0.25) is 0 Å². The van der Waals surface area contributed by atoms with E-state index in [4.69, 9.17) is 16.3 Å². The molecular weight excluding hydrogens is 348 g/mol. The molecule has 0 saturated carbocycles. The van der Waals surface area contributed by atoms with Gasteiger partial charge < -0.3 is 4.74 Å². The van der Waals surface area contributed by atoms with Gasteiger partial charge in [0.25, 0.3) is 5.91 Å². The number of methoxy groups -OCH3 is 1. The molecule has 4 nitrogen and oxygen atoms in total. The Morgan fingerprint density at radius 3 is 2.23 bits per heavy atom. The minimum Gasteiger partial charge on any atom is -0.497 e. The number of carbonyl (C=O) groups excluding carboxylic acids is 1. The molecule has 0 aliphatic carbocycles. The fourth-order valence-corrected chi connectivity index (χ4v) is 2.46. The summed E-state index contributed by atoms with van der Waals surface area (Å²) in [5.41, 5.74) is 2.03. The molecule has 1 amide bonds. The zero-order chi connectivity index (χ0) is 18.4. The van der Waals surface area contributed by atoms with E-state index in [1.165, 1.54) is 5.01 Å². The van der Waals surface area contributed by atoms with E-state index in [1.54, 1.807) is 61.9 Å². The van der Waals surface area contributed by atoms with Crippen molar-refractivity contribution in [3.63, 3.8) is 0 Å². The summed E-state index contributed by atoms with van der Waals surface area (Å²) >= 11 is 5.92. The number of nitrogens with zero attached hydrogens (tertiary/aromatic N) is 2. The van der Waals surface area contributed by atoms with Gasteiger partial charge in [-0.05, 0) is 54.1 Å². The van der Waals surface area contributed by atoms with Gasteiger partial charge >= 0.3 is 0 Å². The summed E-state index contributed by atoms with van der Waals surface area (Å²) in [5.74, 6) is 0.457. The lowest BCUT2D eigenvalue weighted by atomic mass is 10.2. The first-order chi connectivity index (χ1) is 12.7. The maximum absolute atomic E-state index is 13.0. The van der Waals surface area contributed by atoms with Crippen molar-refractivity contribution in [1.29, 1.82) is 0 Å².